The van der Waals surface area contributed by atoms with Gasteiger partial charge in [-0.05, 0) is 28.1 Å². The number of hydrogen-bond donors (Lipinski definition) is 0. The highest BCUT2D eigenvalue weighted by molar-refractivity contribution is 9.10. The van der Waals surface area contributed by atoms with Gasteiger partial charge >= 0.3 is 5.63 Å². The molecule has 0 spiro atoms. The predicted molar refractivity (Wildman–Crippen MR) is 72.6 cm³/mol. The standard InChI is InChI=1S/C13H12BrNO4/c1-7-15-11-5-10(14)12(4-9(11)13(16)18-7)19-8-2-3-17-6-8/h4-5,8H,2-3,6H2,1H3. The first-order valence-corrected chi connectivity index (χ1v) is 6.78. The fourth-order valence-electron chi connectivity index (χ4n) is 2.06. The number of hydrogen-bond acceptors (Lipinski definition) is 5. The molecule has 0 saturated carbocycles. The third-order valence-corrected chi connectivity index (χ3v) is 3.59. The monoisotopic (exact) mass is 325 g/mol. The van der Waals surface area contributed by atoms with Gasteiger partial charge in [0.15, 0.2) is 5.89 Å². The summed E-state index contributed by atoms with van der Waals surface area (Å²) < 4.78 is 16.8. The fraction of sp³-hybridized carbons (Fsp3) is 0.385. The largest absolute Gasteiger partial charge is 0.487 e. The van der Waals surface area contributed by atoms with Crippen LogP contribution >= 0.6 is 15.9 Å². The number of nitrogens with zero attached hydrogens (tertiary/aromatic N) is 1. The Hall–Kier alpha value is -1.40. The van der Waals surface area contributed by atoms with Gasteiger partial charge in [-0.3, -0.25) is 0 Å². The molecule has 1 atom stereocenters. The summed E-state index contributed by atoms with van der Waals surface area (Å²) in [5, 5.41) is 0.419. The second kappa shape index (κ2) is 4.94. The van der Waals surface area contributed by atoms with E-state index in [4.69, 9.17) is 13.9 Å². The van der Waals surface area contributed by atoms with Gasteiger partial charge in [0.05, 0.1) is 28.6 Å². The average Bonchev–Trinajstić information content (AvgIpc) is 2.83. The highest BCUT2D eigenvalue weighted by Gasteiger charge is 2.19. The molecule has 1 saturated heterocycles. The van der Waals surface area contributed by atoms with Crippen LogP contribution in [0.2, 0.25) is 0 Å². The van der Waals surface area contributed by atoms with Gasteiger partial charge in [0.1, 0.15) is 11.9 Å². The molecule has 100 valence electrons. The van der Waals surface area contributed by atoms with E-state index in [1.54, 1.807) is 19.1 Å². The first-order valence-electron chi connectivity index (χ1n) is 5.99. The highest BCUT2D eigenvalue weighted by atomic mass is 79.9. The van der Waals surface area contributed by atoms with Gasteiger partial charge in [0, 0.05) is 13.3 Å². The number of halogens is 1. The summed E-state index contributed by atoms with van der Waals surface area (Å²) in [5.74, 6) is 0.961. The number of fused-ring (bicyclic) bond motifs is 1. The maximum atomic E-state index is 11.8. The average molecular weight is 326 g/mol. The molecule has 1 aliphatic heterocycles. The van der Waals surface area contributed by atoms with Crippen LogP contribution in [-0.4, -0.2) is 24.3 Å². The van der Waals surface area contributed by atoms with Crippen molar-refractivity contribution in [2.45, 2.75) is 19.4 Å². The van der Waals surface area contributed by atoms with Crippen LogP contribution in [0, 0.1) is 6.92 Å². The van der Waals surface area contributed by atoms with Crippen molar-refractivity contribution >= 4 is 26.8 Å². The van der Waals surface area contributed by atoms with Gasteiger partial charge in [-0.25, -0.2) is 9.78 Å². The van der Waals surface area contributed by atoms with Crippen molar-refractivity contribution in [3.63, 3.8) is 0 Å². The molecule has 0 bridgehead atoms. The quantitative estimate of drug-likeness (QED) is 0.848. The minimum atomic E-state index is -0.400. The molecule has 0 amide bonds. The van der Waals surface area contributed by atoms with Crippen molar-refractivity contribution in [3.05, 3.63) is 32.9 Å². The molecule has 1 unspecified atom stereocenters. The summed E-state index contributed by atoms with van der Waals surface area (Å²) >= 11 is 3.44. The van der Waals surface area contributed by atoms with Crippen LogP contribution in [0.3, 0.4) is 0 Å². The van der Waals surface area contributed by atoms with Gasteiger partial charge < -0.3 is 13.9 Å². The summed E-state index contributed by atoms with van der Waals surface area (Å²) in [5.41, 5.74) is 0.193. The zero-order valence-corrected chi connectivity index (χ0v) is 11.9. The van der Waals surface area contributed by atoms with Crippen LogP contribution in [0.15, 0.2) is 25.8 Å². The van der Waals surface area contributed by atoms with E-state index >= 15 is 0 Å². The van der Waals surface area contributed by atoms with Crippen LogP contribution < -0.4 is 10.4 Å². The number of ether oxygens (including phenoxy) is 2. The molecule has 1 fully saturated rings. The molecule has 1 aromatic heterocycles. The minimum absolute atomic E-state index is 0.0270. The second-order valence-corrected chi connectivity index (χ2v) is 5.28. The van der Waals surface area contributed by atoms with Crippen LogP contribution in [0.5, 0.6) is 5.75 Å². The number of aromatic nitrogens is 1. The summed E-state index contributed by atoms with van der Waals surface area (Å²) in [6.45, 7) is 2.93. The molecule has 0 radical (unpaired) electrons. The van der Waals surface area contributed by atoms with Crippen LogP contribution in [0.25, 0.3) is 10.9 Å². The van der Waals surface area contributed by atoms with Crippen molar-refractivity contribution < 1.29 is 13.9 Å². The predicted octanol–water partition coefficient (Wildman–Crippen LogP) is 2.43. The van der Waals surface area contributed by atoms with Crippen molar-refractivity contribution in [2.75, 3.05) is 13.2 Å². The van der Waals surface area contributed by atoms with E-state index in [0.717, 1.165) is 10.9 Å². The van der Waals surface area contributed by atoms with Gasteiger partial charge in [-0.2, -0.15) is 0 Å². The van der Waals surface area contributed by atoms with Crippen molar-refractivity contribution in [2.24, 2.45) is 0 Å². The molecule has 1 aromatic carbocycles. The lowest BCUT2D eigenvalue weighted by Gasteiger charge is -2.13. The Balaban J connectivity index is 2.05. The molecule has 3 rings (SSSR count). The Bertz CT molecular complexity index is 676. The van der Waals surface area contributed by atoms with E-state index in [0.29, 0.717) is 35.8 Å². The Morgan fingerprint density at radius 3 is 3.05 bits per heavy atom. The zero-order chi connectivity index (χ0) is 13.4. The van der Waals surface area contributed by atoms with Crippen LogP contribution in [0.1, 0.15) is 12.3 Å². The zero-order valence-electron chi connectivity index (χ0n) is 10.3. The Labute approximate surface area is 117 Å². The number of benzene rings is 1. The van der Waals surface area contributed by atoms with Gasteiger partial charge in [0.2, 0.25) is 0 Å². The molecule has 0 N–H and O–H groups in total. The number of rotatable bonds is 2. The SMILES string of the molecule is Cc1nc2cc(Br)c(OC3CCOC3)cc2c(=O)o1. The molecule has 5 nitrogen and oxygen atoms in total. The van der Waals surface area contributed by atoms with Crippen molar-refractivity contribution in [1.82, 2.24) is 4.98 Å². The maximum absolute atomic E-state index is 11.8. The summed E-state index contributed by atoms with van der Waals surface area (Å²) in [6.07, 6.45) is 0.879. The van der Waals surface area contributed by atoms with Gasteiger partial charge in [-0.15, -0.1) is 0 Å². The van der Waals surface area contributed by atoms with Crippen molar-refractivity contribution in [3.8, 4) is 5.75 Å². The lowest BCUT2D eigenvalue weighted by Crippen LogP contribution is -2.16. The minimum Gasteiger partial charge on any atom is -0.487 e. The van der Waals surface area contributed by atoms with Crippen LogP contribution in [-0.2, 0) is 4.74 Å². The van der Waals surface area contributed by atoms with Crippen molar-refractivity contribution in [1.29, 1.82) is 0 Å². The van der Waals surface area contributed by atoms with E-state index in [9.17, 15) is 4.79 Å². The smallest absolute Gasteiger partial charge is 0.346 e. The van der Waals surface area contributed by atoms with Gasteiger partial charge in [-0.1, -0.05) is 0 Å². The Morgan fingerprint density at radius 1 is 1.47 bits per heavy atom. The third kappa shape index (κ3) is 2.50. The normalized spacial score (nSPS) is 18.9. The summed E-state index contributed by atoms with van der Waals surface area (Å²) in [4.78, 5) is 16.0. The van der Waals surface area contributed by atoms with E-state index < -0.39 is 5.63 Å². The second-order valence-electron chi connectivity index (χ2n) is 4.42. The van der Waals surface area contributed by atoms with Crippen LogP contribution in [0.4, 0.5) is 0 Å². The first-order chi connectivity index (χ1) is 9.13. The lowest BCUT2D eigenvalue weighted by atomic mass is 10.2. The topological polar surface area (TPSA) is 61.6 Å². The molecule has 1 aliphatic rings. The van der Waals surface area contributed by atoms with E-state index in [1.807, 2.05) is 0 Å². The van der Waals surface area contributed by atoms with E-state index in [2.05, 4.69) is 20.9 Å². The Morgan fingerprint density at radius 2 is 2.32 bits per heavy atom. The summed E-state index contributed by atoms with van der Waals surface area (Å²) in [6, 6.07) is 3.43. The first kappa shape index (κ1) is 12.6. The van der Waals surface area contributed by atoms with E-state index in [1.165, 1.54) is 0 Å². The highest BCUT2D eigenvalue weighted by Crippen LogP contribution is 2.30. The fourth-order valence-corrected chi connectivity index (χ4v) is 2.48. The van der Waals surface area contributed by atoms with Gasteiger partial charge in [0.25, 0.3) is 0 Å². The maximum Gasteiger partial charge on any atom is 0.346 e. The summed E-state index contributed by atoms with van der Waals surface area (Å²) in [7, 11) is 0. The molecule has 2 heterocycles. The lowest BCUT2D eigenvalue weighted by molar-refractivity contribution is 0.141. The Kier molecular flexibility index (Phi) is 3.28. The molecule has 19 heavy (non-hydrogen) atoms. The third-order valence-electron chi connectivity index (χ3n) is 2.97. The molecule has 6 heteroatoms. The molecular weight excluding hydrogens is 314 g/mol. The van der Waals surface area contributed by atoms with E-state index in [-0.39, 0.29) is 6.10 Å². The molecule has 0 aliphatic carbocycles. The number of aryl methyl sites for hydroxylation is 1. The molecule has 2 aromatic rings. The molecular formula is C13H12BrNO4.